The van der Waals surface area contributed by atoms with Crippen LogP contribution in [0.1, 0.15) is 36.5 Å². The van der Waals surface area contributed by atoms with Gasteiger partial charge in [-0.15, -0.1) is 0 Å². The maximum Gasteiger partial charge on any atom is 0.224 e. The van der Waals surface area contributed by atoms with Crippen molar-refractivity contribution in [3.63, 3.8) is 0 Å². The monoisotopic (exact) mass is 388 g/mol. The van der Waals surface area contributed by atoms with Gasteiger partial charge in [0.1, 0.15) is 0 Å². The van der Waals surface area contributed by atoms with Gasteiger partial charge in [0, 0.05) is 17.5 Å². The molecule has 2 heterocycles. The number of ether oxygens (including phenoxy) is 1. The molecule has 29 heavy (non-hydrogen) atoms. The smallest absolute Gasteiger partial charge is 0.224 e. The van der Waals surface area contributed by atoms with Crippen LogP contribution in [0.2, 0.25) is 0 Å². The van der Waals surface area contributed by atoms with E-state index < -0.39 is 0 Å². The summed E-state index contributed by atoms with van der Waals surface area (Å²) in [5, 5.41) is 4.38. The largest absolute Gasteiger partial charge is 0.379 e. The van der Waals surface area contributed by atoms with Crippen molar-refractivity contribution in [3.05, 3.63) is 77.5 Å². The van der Waals surface area contributed by atoms with Crippen molar-refractivity contribution >= 4 is 16.8 Å². The lowest BCUT2D eigenvalue weighted by molar-refractivity contribution is -0.121. The van der Waals surface area contributed by atoms with Gasteiger partial charge in [-0.2, -0.15) is 0 Å². The summed E-state index contributed by atoms with van der Waals surface area (Å²) in [6.45, 7) is 5.60. The number of nitrogens with zero attached hydrogens (tertiary/aromatic N) is 1. The van der Waals surface area contributed by atoms with Gasteiger partial charge in [-0.25, -0.2) is 0 Å². The van der Waals surface area contributed by atoms with E-state index >= 15 is 0 Å². The van der Waals surface area contributed by atoms with Gasteiger partial charge >= 0.3 is 0 Å². The molecule has 4 nitrogen and oxygen atoms in total. The molecule has 1 amide bonds. The number of nitrogens with one attached hydrogen (secondary N) is 1. The highest BCUT2D eigenvalue weighted by molar-refractivity contribution is 5.82. The zero-order valence-corrected chi connectivity index (χ0v) is 17.1. The molecule has 1 aliphatic rings. The lowest BCUT2D eigenvalue weighted by atomic mass is 9.93. The van der Waals surface area contributed by atoms with Crippen LogP contribution in [0, 0.1) is 5.92 Å². The summed E-state index contributed by atoms with van der Waals surface area (Å²) in [6, 6.07) is 18.7. The molecule has 0 saturated carbocycles. The number of para-hydroxylation sites is 1. The lowest BCUT2D eigenvalue weighted by Gasteiger charge is -2.20. The number of hydrogen-bond donors (Lipinski definition) is 1. The summed E-state index contributed by atoms with van der Waals surface area (Å²) in [4.78, 5) is 17.1. The minimum absolute atomic E-state index is 0.0457. The molecule has 4 heteroatoms. The maximum atomic E-state index is 12.6. The van der Waals surface area contributed by atoms with Gasteiger partial charge in [0.25, 0.3) is 0 Å². The van der Waals surface area contributed by atoms with Crippen LogP contribution in [-0.4, -0.2) is 30.1 Å². The Hall–Kier alpha value is -2.72. The second-order valence-corrected chi connectivity index (χ2v) is 8.24. The first kappa shape index (κ1) is 19.6. The molecule has 0 unspecified atom stereocenters. The molecule has 0 aliphatic carbocycles. The zero-order chi connectivity index (χ0) is 20.2. The van der Waals surface area contributed by atoms with Crippen LogP contribution in [0.4, 0.5) is 0 Å². The molecule has 4 rings (SSSR count). The SMILES string of the molecule is CC(C)c1ccc(CC(=O)N[C@H]2COC[C@H]2Cc2ccnc3ccccc23)cc1. The topological polar surface area (TPSA) is 51.2 Å². The highest BCUT2D eigenvalue weighted by Crippen LogP contribution is 2.24. The number of benzene rings is 2. The highest BCUT2D eigenvalue weighted by Gasteiger charge is 2.30. The Balaban J connectivity index is 1.40. The van der Waals surface area contributed by atoms with Crippen molar-refractivity contribution in [3.8, 4) is 0 Å². The zero-order valence-electron chi connectivity index (χ0n) is 17.1. The average Bonchev–Trinajstić information content (AvgIpc) is 3.15. The summed E-state index contributed by atoms with van der Waals surface area (Å²) in [7, 11) is 0. The standard InChI is InChI=1S/C25H28N2O2/c1-17(2)19-9-7-18(8-10-19)13-25(28)27-24-16-29-15-21(24)14-20-11-12-26-23-6-4-3-5-22(20)23/h3-12,17,21,24H,13-16H2,1-2H3,(H,27,28)/t21-,24+/m1/s1. The Labute approximate surface area is 172 Å². The molecular weight excluding hydrogens is 360 g/mol. The molecule has 1 aliphatic heterocycles. The molecular formula is C25H28N2O2. The van der Waals surface area contributed by atoms with Gasteiger partial charge in [-0.1, -0.05) is 56.3 Å². The fourth-order valence-electron chi connectivity index (χ4n) is 4.04. The van der Waals surface area contributed by atoms with Crippen LogP contribution in [0.25, 0.3) is 10.9 Å². The third-order valence-corrected chi connectivity index (χ3v) is 5.78. The molecule has 1 aromatic heterocycles. The third-order valence-electron chi connectivity index (χ3n) is 5.78. The van der Waals surface area contributed by atoms with Gasteiger partial charge in [0.15, 0.2) is 0 Å². The highest BCUT2D eigenvalue weighted by atomic mass is 16.5. The molecule has 1 N–H and O–H groups in total. The number of hydrogen-bond acceptors (Lipinski definition) is 3. The van der Waals surface area contributed by atoms with E-state index in [1.54, 1.807) is 0 Å². The minimum atomic E-state index is 0.0457. The van der Waals surface area contributed by atoms with Gasteiger partial charge in [0.2, 0.25) is 5.91 Å². The molecule has 150 valence electrons. The number of carbonyl (C=O) groups excluding carboxylic acids is 1. The van der Waals surface area contributed by atoms with E-state index in [0.29, 0.717) is 25.6 Å². The molecule has 3 aromatic rings. The fraction of sp³-hybridized carbons (Fsp3) is 0.360. The Morgan fingerprint density at radius 3 is 2.69 bits per heavy atom. The van der Waals surface area contributed by atoms with Gasteiger partial charge < -0.3 is 10.1 Å². The van der Waals surface area contributed by atoms with Crippen LogP contribution >= 0.6 is 0 Å². The van der Waals surface area contributed by atoms with Crippen molar-refractivity contribution in [2.75, 3.05) is 13.2 Å². The number of pyridine rings is 1. The van der Waals surface area contributed by atoms with Gasteiger partial charge in [-0.05, 0) is 41.2 Å². The second-order valence-electron chi connectivity index (χ2n) is 8.24. The van der Waals surface area contributed by atoms with E-state index in [0.717, 1.165) is 17.5 Å². The van der Waals surface area contributed by atoms with Crippen LogP contribution in [0.3, 0.4) is 0 Å². The van der Waals surface area contributed by atoms with E-state index in [4.69, 9.17) is 4.74 Å². The lowest BCUT2D eigenvalue weighted by Crippen LogP contribution is -2.41. The average molecular weight is 389 g/mol. The number of rotatable bonds is 6. The summed E-state index contributed by atoms with van der Waals surface area (Å²) in [5.41, 5.74) is 4.61. The van der Waals surface area contributed by atoms with Crippen molar-refractivity contribution < 1.29 is 9.53 Å². The fourth-order valence-corrected chi connectivity index (χ4v) is 4.04. The summed E-state index contributed by atoms with van der Waals surface area (Å²) in [5.74, 6) is 0.828. The number of fused-ring (bicyclic) bond motifs is 1. The van der Waals surface area contributed by atoms with Crippen LogP contribution in [0.5, 0.6) is 0 Å². The van der Waals surface area contributed by atoms with E-state index in [1.807, 2.05) is 24.4 Å². The predicted octanol–water partition coefficient (Wildman–Crippen LogP) is 4.27. The quantitative estimate of drug-likeness (QED) is 0.686. The predicted molar refractivity (Wildman–Crippen MR) is 116 cm³/mol. The number of amides is 1. The number of carbonyl (C=O) groups is 1. The Morgan fingerprint density at radius 1 is 1.10 bits per heavy atom. The summed E-state index contributed by atoms with van der Waals surface area (Å²) >= 11 is 0. The molecule has 1 fully saturated rings. The first-order valence-electron chi connectivity index (χ1n) is 10.4. The van der Waals surface area contributed by atoms with Gasteiger partial charge in [-0.3, -0.25) is 9.78 Å². The molecule has 0 bridgehead atoms. The molecule has 0 spiro atoms. The molecule has 1 saturated heterocycles. The van der Waals surface area contributed by atoms with E-state index in [1.165, 1.54) is 16.5 Å². The van der Waals surface area contributed by atoms with Crippen molar-refractivity contribution in [1.29, 1.82) is 0 Å². The third kappa shape index (κ3) is 4.65. The normalized spacial score (nSPS) is 19.0. The number of aromatic nitrogens is 1. The van der Waals surface area contributed by atoms with Crippen LogP contribution < -0.4 is 5.32 Å². The first-order valence-corrected chi connectivity index (χ1v) is 10.4. The second kappa shape index (κ2) is 8.75. The minimum Gasteiger partial charge on any atom is -0.379 e. The summed E-state index contributed by atoms with van der Waals surface area (Å²) < 4.78 is 5.72. The first-order chi connectivity index (χ1) is 14.1. The van der Waals surface area contributed by atoms with Crippen molar-refractivity contribution in [2.45, 2.75) is 38.6 Å². The Bertz CT molecular complexity index is 976. The van der Waals surface area contributed by atoms with E-state index in [9.17, 15) is 4.79 Å². The Morgan fingerprint density at radius 2 is 1.90 bits per heavy atom. The summed E-state index contributed by atoms with van der Waals surface area (Å²) in [6.07, 6.45) is 3.14. The molecule has 2 atom stereocenters. The van der Waals surface area contributed by atoms with Gasteiger partial charge in [0.05, 0.1) is 31.2 Å². The van der Waals surface area contributed by atoms with E-state index in [2.05, 4.69) is 60.5 Å². The maximum absolute atomic E-state index is 12.6. The van der Waals surface area contributed by atoms with Crippen molar-refractivity contribution in [2.24, 2.45) is 5.92 Å². The molecule has 2 aromatic carbocycles. The van der Waals surface area contributed by atoms with Crippen LogP contribution in [-0.2, 0) is 22.4 Å². The Kier molecular flexibility index (Phi) is 5.91. The van der Waals surface area contributed by atoms with Crippen LogP contribution in [0.15, 0.2) is 60.8 Å². The van der Waals surface area contributed by atoms with Crippen molar-refractivity contribution in [1.82, 2.24) is 10.3 Å². The molecule has 0 radical (unpaired) electrons. The van der Waals surface area contributed by atoms with E-state index in [-0.39, 0.29) is 17.9 Å².